The van der Waals surface area contributed by atoms with Gasteiger partial charge < -0.3 is 9.88 Å². The van der Waals surface area contributed by atoms with Crippen LogP contribution in [0.3, 0.4) is 0 Å². The monoisotopic (exact) mass is 315 g/mol. The second-order valence-electron chi connectivity index (χ2n) is 6.82. The quantitative estimate of drug-likeness (QED) is 0.946. The zero-order valence-corrected chi connectivity index (χ0v) is 13.8. The van der Waals surface area contributed by atoms with E-state index in [9.17, 15) is 9.18 Å². The number of rotatable bonds is 3. The Bertz CT molecular complexity index is 723. The van der Waals surface area contributed by atoms with Crippen molar-refractivity contribution in [2.75, 3.05) is 13.1 Å². The fraction of sp³-hybridized carbons (Fsp3) is 0.444. The van der Waals surface area contributed by atoms with Crippen molar-refractivity contribution in [1.82, 2.24) is 14.9 Å². The highest BCUT2D eigenvalue weighted by Gasteiger charge is 2.38. The number of benzene rings is 1. The highest BCUT2D eigenvalue weighted by atomic mass is 19.1. The molecule has 0 unspecified atom stereocenters. The van der Waals surface area contributed by atoms with Gasteiger partial charge in [-0.2, -0.15) is 0 Å². The molecular formula is C18H22FN3O. The molecule has 0 saturated carbocycles. The first-order valence-corrected chi connectivity index (χ1v) is 7.95. The molecule has 5 heteroatoms. The van der Waals surface area contributed by atoms with E-state index in [2.05, 4.69) is 9.97 Å². The smallest absolute Gasteiger partial charge is 0.232 e. The zero-order chi connectivity index (χ0) is 16.6. The Balaban J connectivity index is 1.75. The van der Waals surface area contributed by atoms with E-state index >= 15 is 0 Å². The van der Waals surface area contributed by atoms with Gasteiger partial charge in [-0.15, -0.1) is 0 Å². The van der Waals surface area contributed by atoms with Gasteiger partial charge in [0.25, 0.3) is 0 Å². The molecule has 2 heterocycles. The Hall–Kier alpha value is -2.17. The summed E-state index contributed by atoms with van der Waals surface area (Å²) < 4.78 is 13.5. The third kappa shape index (κ3) is 3.00. The predicted molar refractivity (Wildman–Crippen MR) is 86.7 cm³/mol. The Morgan fingerprint density at radius 3 is 2.87 bits per heavy atom. The molecule has 0 radical (unpaired) electrons. The molecule has 1 saturated heterocycles. The number of carbonyl (C=O) groups is 1. The largest absolute Gasteiger partial charge is 0.346 e. The number of aromatic nitrogens is 2. The van der Waals surface area contributed by atoms with Crippen molar-refractivity contribution in [2.24, 2.45) is 0 Å². The Kier molecular flexibility index (Phi) is 3.96. The number of hydrogen-bond acceptors (Lipinski definition) is 2. The van der Waals surface area contributed by atoms with Crippen LogP contribution in [0.25, 0.3) is 0 Å². The van der Waals surface area contributed by atoms with E-state index in [0.29, 0.717) is 18.7 Å². The summed E-state index contributed by atoms with van der Waals surface area (Å²) in [5, 5.41) is 0. The molecule has 3 rings (SSSR count). The Morgan fingerprint density at radius 1 is 1.43 bits per heavy atom. The molecule has 1 aliphatic heterocycles. The summed E-state index contributed by atoms with van der Waals surface area (Å²) >= 11 is 0. The van der Waals surface area contributed by atoms with Crippen LogP contribution in [0.1, 0.15) is 43.3 Å². The fourth-order valence-corrected chi connectivity index (χ4v) is 3.20. The number of aryl methyl sites for hydroxylation is 1. The number of aromatic amines is 1. The van der Waals surface area contributed by atoms with Crippen LogP contribution >= 0.6 is 0 Å². The van der Waals surface area contributed by atoms with Gasteiger partial charge in [-0.1, -0.05) is 12.1 Å². The van der Waals surface area contributed by atoms with Crippen LogP contribution < -0.4 is 0 Å². The molecule has 0 spiro atoms. The number of nitrogens with zero attached hydrogens (tertiary/aromatic N) is 2. The number of halogens is 1. The molecule has 2 aromatic rings. The lowest BCUT2D eigenvalue weighted by Crippen LogP contribution is -2.42. The maximum absolute atomic E-state index is 13.5. The average molecular weight is 315 g/mol. The highest BCUT2D eigenvalue weighted by molar-refractivity contribution is 5.87. The summed E-state index contributed by atoms with van der Waals surface area (Å²) in [7, 11) is 0. The minimum atomic E-state index is -0.740. The molecular weight excluding hydrogens is 293 g/mol. The summed E-state index contributed by atoms with van der Waals surface area (Å²) in [5.74, 6) is 0.917. The van der Waals surface area contributed by atoms with Crippen molar-refractivity contribution in [3.63, 3.8) is 0 Å². The number of amides is 1. The van der Waals surface area contributed by atoms with Gasteiger partial charge >= 0.3 is 0 Å². The summed E-state index contributed by atoms with van der Waals surface area (Å²) in [6, 6.07) is 6.30. The molecule has 23 heavy (non-hydrogen) atoms. The summed E-state index contributed by atoms with van der Waals surface area (Å²) in [6.45, 7) is 7.05. The van der Waals surface area contributed by atoms with Crippen LogP contribution in [0.4, 0.5) is 4.39 Å². The molecule has 1 N–H and O–H groups in total. The number of imidazole rings is 1. The van der Waals surface area contributed by atoms with Gasteiger partial charge in [-0.05, 0) is 44.9 Å². The van der Waals surface area contributed by atoms with Crippen LogP contribution in [-0.4, -0.2) is 33.9 Å². The van der Waals surface area contributed by atoms with Gasteiger partial charge in [0.2, 0.25) is 5.91 Å². The van der Waals surface area contributed by atoms with E-state index in [1.54, 1.807) is 6.07 Å². The van der Waals surface area contributed by atoms with E-state index in [1.807, 2.05) is 37.9 Å². The SMILES string of the molecule is Cc1cnc([C@@H]2CCN(C(=O)C(C)(C)c3cccc(F)c3)C2)[nH]1. The fourth-order valence-electron chi connectivity index (χ4n) is 3.20. The molecule has 0 bridgehead atoms. The minimum absolute atomic E-state index is 0.0360. The molecule has 0 aliphatic carbocycles. The molecule has 1 fully saturated rings. The summed E-state index contributed by atoms with van der Waals surface area (Å²) in [4.78, 5) is 22.4. The standard InChI is InChI=1S/C18H22FN3O/c1-12-10-20-16(21-12)13-7-8-22(11-13)17(23)18(2,3)14-5-4-6-15(19)9-14/h4-6,9-10,13H,7-8,11H2,1-3H3,(H,20,21)/t13-/m1/s1. The van der Waals surface area contributed by atoms with Gasteiger partial charge in [0, 0.05) is 30.9 Å². The molecule has 1 aromatic heterocycles. The number of hydrogen-bond donors (Lipinski definition) is 1. The summed E-state index contributed by atoms with van der Waals surface area (Å²) in [6.07, 6.45) is 2.72. The number of H-pyrrole nitrogens is 1. The van der Waals surface area contributed by atoms with E-state index in [0.717, 1.165) is 17.9 Å². The number of carbonyl (C=O) groups excluding carboxylic acids is 1. The van der Waals surface area contributed by atoms with Gasteiger partial charge in [0.05, 0.1) is 5.41 Å². The lowest BCUT2D eigenvalue weighted by Gasteiger charge is -2.29. The zero-order valence-electron chi connectivity index (χ0n) is 13.8. The van der Waals surface area contributed by atoms with Crippen molar-refractivity contribution in [3.8, 4) is 0 Å². The average Bonchev–Trinajstić information content (AvgIpc) is 3.15. The first-order valence-electron chi connectivity index (χ1n) is 7.95. The number of likely N-dealkylation sites (tertiary alicyclic amines) is 1. The van der Waals surface area contributed by atoms with Crippen LogP contribution in [0.5, 0.6) is 0 Å². The Morgan fingerprint density at radius 2 is 2.22 bits per heavy atom. The first kappa shape index (κ1) is 15.7. The van der Waals surface area contributed by atoms with E-state index in [1.165, 1.54) is 12.1 Å². The van der Waals surface area contributed by atoms with Crippen molar-refractivity contribution < 1.29 is 9.18 Å². The topological polar surface area (TPSA) is 49.0 Å². The van der Waals surface area contributed by atoms with E-state index in [4.69, 9.17) is 0 Å². The molecule has 1 aliphatic rings. The molecule has 1 aromatic carbocycles. The van der Waals surface area contributed by atoms with Crippen molar-refractivity contribution in [3.05, 3.63) is 53.4 Å². The maximum Gasteiger partial charge on any atom is 0.232 e. The lowest BCUT2D eigenvalue weighted by atomic mass is 9.83. The third-order valence-corrected chi connectivity index (χ3v) is 4.67. The highest BCUT2D eigenvalue weighted by Crippen LogP contribution is 2.31. The van der Waals surface area contributed by atoms with E-state index < -0.39 is 5.41 Å². The predicted octanol–water partition coefficient (Wildman–Crippen LogP) is 3.15. The lowest BCUT2D eigenvalue weighted by molar-refractivity contribution is -0.135. The van der Waals surface area contributed by atoms with Crippen LogP contribution in [0, 0.1) is 12.7 Å². The first-order chi connectivity index (χ1) is 10.9. The van der Waals surface area contributed by atoms with Gasteiger partial charge in [-0.3, -0.25) is 4.79 Å². The second kappa shape index (κ2) is 5.80. The second-order valence-corrected chi connectivity index (χ2v) is 6.82. The van der Waals surface area contributed by atoms with Gasteiger partial charge in [0.15, 0.2) is 0 Å². The van der Waals surface area contributed by atoms with Crippen LogP contribution in [-0.2, 0) is 10.2 Å². The number of nitrogens with one attached hydrogen (secondary N) is 1. The van der Waals surface area contributed by atoms with Crippen LogP contribution in [0.2, 0.25) is 0 Å². The van der Waals surface area contributed by atoms with Crippen molar-refractivity contribution >= 4 is 5.91 Å². The molecule has 1 atom stereocenters. The molecule has 1 amide bonds. The molecule has 4 nitrogen and oxygen atoms in total. The van der Waals surface area contributed by atoms with Crippen molar-refractivity contribution in [2.45, 2.75) is 38.5 Å². The van der Waals surface area contributed by atoms with Crippen molar-refractivity contribution in [1.29, 1.82) is 0 Å². The van der Waals surface area contributed by atoms with Gasteiger partial charge in [0.1, 0.15) is 11.6 Å². The maximum atomic E-state index is 13.5. The molecule has 122 valence electrons. The Labute approximate surface area is 135 Å². The normalized spacial score (nSPS) is 18.4. The summed E-state index contributed by atoms with van der Waals surface area (Å²) in [5.41, 5.74) is 1.00. The van der Waals surface area contributed by atoms with Crippen LogP contribution in [0.15, 0.2) is 30.5 Å². The van der Waals surface area contributed by atoms with E-state index in [-0.39, 0.29) is 17.6 Å². The van der Waals surface area contributed by atoms with Gasteiger partial charge in [-0.25, -0.2) is 9.37 Å². The third-order valence-electron chi connectivity index (χ3n) is 4.67. The minimum Gasteiger partial charge on any atom is -0.346 e.